The topological polar surface area (TPSA) is 37.4 Å². The monoisotopic (exact) mass is 245 g/mol. The van der Waals surface area contributed by atoms with Crippen LogP contribution in [0.3, 0.4) is 0 Å². The summed E-state index contributed by atoms with van der Waals surface area (Å²) in [4.78, 5) is 1.18. The normalized spacial score (nSPS) is 12.0. The number of thioether (sulfide) groups is 1. The van der Waals surface area contributed by atoms with Crippen LogP contribution in [0.4, 0.5) is 0 Å². The summed E-state index contributed by atoms with van der Waals surface area (Å²) in [6.45, 7) is 0.424. The maximum atomic E-state index is 11.2. The Morgan fingerprint density at radius 3 is 2.20 bits per heavy atom. The van der Waals surface area contributed by atoms with Gasteiger partial charge in [0.1, 0.15) is 0 Å². The van der Waals surface area contributed by atoms with Crippen molar-refractivity contribution in [1.82, 2.24) is 4.31 Å². The van der Waals surface area contributed by atoms with Crippen LogP contribution < -0.4 is 0 Å². The van der Waals surface area contributed by atoms with Crippen LogP contribution >= 0.6 is 11.8 Å². The molecule has 0 N–H and O–H groups in total. The van der Waals surface area contributed by atoms with Crippen molar-refractivity contribution in [3.63, 3.8) is 0 Å². The number of nitrogens with zero attached hydrogens (tertiary/aromatic N) is 1. The highest BCUT2D eigenvalue weighted by Crippen LogP contribution is 2.15. The predicted molar refractivity (Wildman–Crippen MR) is 64.5 cm³/mol. The minimum absolute atomic E-state index is 0.424. The summed E-state index contributed by atoms with van der Waals surface area (Å²) in [5, 5.41) is 0. The third-order valence-electron chi connectivity index (χ3n) is 2.13. The van der Waals surface area contributed by atoms with Crippen molar-refractivity contribution in [2.45, 2.75) is 11.4 Å². The van der Waals surface area contributed by atoms with Gasteiger partial charge in [-0.05, 0) is 24.0 Å². The van der Waals surface area contributed by atoms with Crippen molar-refractivity contribution in [1.29, 1.82) is 0 Å². The highest BCUT2D eigenvalue weighted by atomic mass is 32.2. The molecule has 0 aliphatic rings. The minimum atomic E-state index is -3.09. The van der Waals surface area contributed by atoms with Crippen LogP contribution in [0.2, 0.25) is 0 Å². The molecule has 0 atom stereocenters. The SMILES string of the molecule is CSc1ccc(CN(C)S(C)(=O)=O)cc1. The molecule has 15 heavy (non-hydrogen) atoms. The Balaban J connectivity index is 2.74. The highest BCUT2D eigenvalue weighted by Gasteiger charge is 2.10. The molecule has 0 radical (unpaired) electrons. The number of rotatable bonds is 4. The molecule has 84 valence electrons. The van der Waals surface area contributed by atoms with Gasteiger partial charge in [0.25, 0.3) is 0 Å². The van der Waals surface area contributed by atoms with E-state index in [1.165, 1.54) is 15.5 Å². The fraction of sp³-hybridized carbons (Fsp3) is 0.400. The van der Waals surface area contributed by atoms with E-state index >= 15 is 0 Å². The Morgan fingerprint density at radius 1 is 1.27 bits per heavy atom. The molecule has 3 nitrogen and oxygen atoms in total. The molecule has 1 rings (SSSR count). The molecule has 0 aromatic heterocycles. The molecule has 0 heterocycles. The van der Waals surface area contributed by atoms with E-state index in [1.807, 2.05) is 30.5 Å². The van der Waals surface area contributed by atoms with E-state index in [9.17, 15) is 8.42 Å². The van der Waals surface area contributed by atoms with Crippen molar-refractivity contribution >= 4 is 21.8 Å². The zero-order valence-electron chi connectivity index (χ0n) is 9.10. The van der Waals surface area contributed by atoms with Crippen molar-refractivity contribution in [2.24, 2.45) is 0 Å². The molecule has 0 unspecified atom stereocenters. The van der Waals surface area contributed by atoms with Gasteiger partial charge in [-0.25, -0.2) is 12.7 Å². The standard InChI is InChI=1S/C10H15NO2S2/c1-11(15(3,12)13)8-9-4-6-10(14-2)7-5-9/h4-7H,8H2,1-3H3. The van der Waals surface area contributed by atoms with Crippen molar-refractivity contribution in [3.05, 3.63) is 29.8 Å². The van der Waals surface area contributed by atoms with Gasteiger partial charge < -0.3 is 0 Å². The van der Waals surface area contributed by atoms with Crippen LogP contribution in [-0.4, -0.2) is 32.3 Å². The van der Waals surface area contributed by atoms with Crippen molar-refractivity contribution < 1.29 is 8.42 Å². The van der Waals surface area contributed by atoms with Gasteiger partial charge in [-0.3, -0.25) is 0 Å². The molecule has 0 fully saturated rings. The molecule has 1 aromatic rings. The summed E-state index contributed by atoms with van der Waals surface area (Å²) in [6.07, 6.45) is 3.22. The summed E-state index contributed by atoms with van der Waals surface area (Å²) >= 11 is 1.67. The molecule has 1 aromatic carbocycles. The zero-order valence-corrected chi connectivity index (χ0v) is 10.7. The smallest absolute Gasteiger partial charge is 0.211 e. The van der Waals surface area contributed by atoms with E-state index in [0.717, 1.165) is 5.56 Å². The third kappa shape index (κ3) is 3.85. The van der Waals surface area contributed by atoms with E-state index < -0.39 is 10.0 Å². The van der Waals surface area contributed by atoms with Crippen LogP contribution in [-0.2, 0) is 16.6 Å². The van der Waals surface area contributed by atoms with Crippen LogP contribution in [0.15, 0.2) is 29.2 Å². The fourth-order valence-corrected chi connectivity index (χ4v) is 1.90. The second-order valence-electron chi connectivity index (χ2n) is 3.37. The molecule has 0 aliphatic heterocycles. The van der Waals surface area contributed by atoms with Crippen molar-refractivity contribution in [3.8, 4) is 0 Å². The van der Waals surface area contributed by atoms with Crippen LogP contribution in [0, 0.1) is 0 Å². The summed E-state index contributed by atoms with van der Waals surface area (Å²) in [5.41, 5.74) is 1.00. The lowest BCUT2D eigenvalue weighted by Crippen LogP contribution is -2.24. The Hall–Kier alpha value is -0.520. The van der Waals surface area contributed by atoms with E-state index in [4.69, 9.17) is 0 Å². The number of sulfonamides is 1. The lowest BCUT2D eigenvalue weighted by atomic mass is 10.2. The summed E-state index contributed by atoms with van der Waals surface area (Å²) < 4.78 is 23.7. The first-order valence-electron chi connectivity index (χ1n) is 4.47. The first kappa shape index (κ1) is 12.5. The summed E-state index contributed by atoms with van der Waals surface area (Å²) in [7, 11) is -1.51. The molecule has 0 aliphatic carbocycles. The van der Waals surface area contributed by atoms with Gasteiger partial charge in [-0.2, -0.15) is 0 Å². The van der Waals surface area contributed by atoms with E-state index in [2.05, 4.69) is 0 Å². The molecule has 0 bridgehead atoms. The maximum Gasteiger partial charge on any atom is 0.211 e. The third-order valence-corrected chi connectivity index (χ3v) is 4.14. The maximum absolute atomic E-state index is 11.2. The lowest BCUT2D eigenvalue weighted by Gasteiger charge is -2.13. The van der Waals surface area contributed by atoms with Crippen LogP contribution in [0.1, 0.15) is 5.56 Å². The average molecular weight is 245 g/mol. The fourth-order valence-electron chi connectivity index (χ4n) is 1.11. The second-order valence-corrected chi connectivity index (χ2v) is 6.34. The van der Waals surface area contributed by atoms with Gasteiger partial charge in [0.05, 0.1) is 6.26 Å². The summed E-state index contributed by atoms with van der Waals surface area (Å²) in [5.74, 6) is 0. The predicted octanol–water partition coefficient (Wildman–Crippen LogP) is 1.80. The lowest BCUT2D eigenvalue weighted by molar-refractivity contribution is 0.472. The van der Waals surface area contributed by atoms with Gasteiger partial charge >= 0.3 is 0 Å². The molecule has 5 heteroatoms. The number of benzene rings is 1. The van der Waals surface area contributed by atoms with Crippen LogP contribution in [0.5, 0.6) is 0 Å². The highest BCUT2D eigenvalue weighted by molar-refractivity contribution is 7.98. The van der Waals surface area contributed by atoms with Crippen LogP contribution in [0.25, 0.3) is 0 Å². The Bertz CT molecular complexity index is 412. The van der Waals surface area contributed by atoms with E-state index in [0.29, 0.717) is 6.54 Å². The van der Waals surface area contributed by atoms with Gasteiger partial charge in [0, 0.05) is 18.5 Å². The largest absolute Gasteiger partial charge is 0.213 e. The first-order valence-corrected chi connectivity index (χ1v) is 7.55. The first-order chi connectivity index (χ1) is 6.93. The second kappa shape index (κ2) is 5.01. The molecular formula is C10H15NO2S2. The average Bonchev–Trinajstić information content (AvgIpc) is 2.17. The van der Waals surface area contributed by atoms with Gasteiger partial charge in [-0.15, -0.1) is 11.8 Å². The quantitative estimate of drug-likeness (QED) is 0.759. The Kier molecular flexibility index (Phi) is 4.19. The molecule has 0 saturated heterocycles. The number of hydrogen-bond donors (Lipinski definition) is 0. The van der Waals surface area contributed by atoms with Gasteiger partial charge in [-0.1, -0.05) is 12.1 Å². The minimum Gasteiger partial charge on any atom is -0.213 e. The van der Waals surface area contributed by atoms with Gasteiger partial charge in [0.15, 0.2) is 0 Å². The van der Waals surface area contributed by atoms with E-state index in [1.54, 1.807) is 18.8 Å². The Labute approximate surface area is 95.5 Å². The van der Waals surface area contributed by atoms with Crippen molar-refractivity contribution in [2.75, 3.05) is 19.6 Å². The molecule has 0 spiro atoms. The van der Waals surface area contributed by atoms with Gasteiger partial charge in [0.2, 0.25) is 10.0 Å². The molecule has 0 amide bonds. The Morgan fingerprint density at radius 2 is 1.80 bits per heavy atom. The summed E-state index contributed by atoms with van der Waals surface area (Å²) in [6, 6.07) is 7.90. The number of hydrogen-bond acceptors (Lipinski definition) is 3. The zero-order chi connectivity index (χ0) is 11.5. The molecular weight excluding hydrogens is 230 g/mol. The van der Waals surface area contributed by atoms with E-state index in [-0.39, 0.29) is 0 Å². The molecule has 0 saturated carbocycles.